The fourth-order valence-corrected chi connectivity index (χ4v) is 2.67. The third-order valence-electron chi connectivity index (χ3n) is 3.65. The summed E-state index contributed by atoms with van der Waals surface area (Å²) >= 11 is 0. The fourth-order valence-electron chi connectivity index (χ4n) is 2.67. The molecule has 1 aliphatic rings. The molecule has 4 atom stereocenters. The van der Waals surface area contributed by atoms with Gasteiger partial charge in [0, 0.05) is 14.2 Å². The van der Waals surface area contributed by atoms with Gasteiger partial charge in [0.2, 0.25) is 0 Å². The molecule has 2 aromatic heterocycles. The molecule has 3 heterocycles. The Hall–Kier alpha value is -1.81. The molecule has 0 bridgehead atoms. The summed E-state index contributed by atoms with van der Waals surface area (Å²) in [5.74, 6) is 0.321. The molecule has 0 saturated carbocycles. The first-order valence-corrected chi connectivity index (χ1v) is 6.53. The van der Waals surface area contributed by atoms with Crippen molar-refractivity contribution in [2.45, 2.75) is 24.5 Å². The molecule has 21 heavy (non-hydrogen) atoms. The highest BCUT2D eigenvalue weighted by atomic mass is 16.6. The molecule has 3 rings (SSSR count). The molecule has 0 spiro atoms. The summed E-state index contributed by atoms with van der Waals surface area (Å²) in [6.07, 6.45) is 2.01. The van der Waals surface area contributed by atoms with Gasteiger partial charge in [-0.2, -0.15) is 0 Å². The van der Waals surface area contributed by atoms with E-state index in [0.717, 1.165) is 0 Å². The number of nitrogens with zero attached hydrogens (tertiary/aromatic N) is 4. The highest BCUT2D eigenvalue weighted by molar-refractivity contribution is 5.81. The lowest BCUT2D eigenvalue weighted by Gasteiger charge is -2.19. The van der Waals surface area contributed by atoms with Crippen LogP contribution in [0.5, 0.6) is 0 Å². The first-order valence-electron chi connectivity index (χ1n) is 6.53. The summed E-state index contributed by atoms with van der Waals surface area (Å²) in [5, 5.41) is 0. The zero-order valence-corrected chi connectivity index (χ0v) is 11.8. The number of fused-ring (bicyclic) bond motifs is 1. The van der Waals surface area contributed by atoms with E-state index in [1.807, 2.05) is 0 Å². The zero-order chi connectivity index (χ0) is 15.0. The summed E-state index contributed by atoms with van der Waals surface area (Å²) in [7, 11) is 3.21. The van der Waals surface area contributed by atoms with Crippen molar-refractivity contribution in [2.75, 3.05) is 26.6 Å². The summed E-state index contributed by atoms with van der Waals surface area (Å²) in [5.41, 5.74) is 13.1. The van der Waals surface area contributed by atoms with E-state index in [2.05, 4.69) is 15.0 Å². The lowest BCUT2D eigenvalue weighted by molar-refractivity contribution is -0.0598. The van der Waals surface area contributed by atoms with E-state index in [-0.39, 0.29) is 18.2 Å². The Bertz CT molecular complexity index is 632. The summed E-state index contributed by atoms with van der Waals surface area (Å²) < 4.78 is 18.3. The van der Waals surface area contributed by atoms with Crippen molar-refractivity contribution in [2.24, 2.45) is 5.73 Å². The smallest absolute Gasteiger partial charge is 0.167 e. The van der Waals surface area contributed by atoms with Crippen LogP contribution in [0.3, 0.4) is 0 Å². The molecule has 0 aromatic carbocycles. The van der Waals surface area contributed by atoms with Crippen LogP contribution in [0.15, 0.2) is 12.7 Å². The first-order chi connectivity index (χ1) is 10.2. The van der Waals surface area contributed by atoms with Gasteiger partial charge < -0.3 is 25.7 Å². The second-order valence-corrected chi connectivity index (χ2v) is 4.88. The maximum Gasteiger partial charge on any atom is 0.167 e. The lowest BCUT2D eigenvalue weighted by atomic mass is 10.1. The van der Waals surface area contributed by atoms with E-state index >= 15 is 0 Å². The molecule has 0 amide bonds. The highest BCUT2D eigenvalue weighted by Gasteiger charge is 2.44. The van der Waals surface area contributed by atoms with Crippen LogP contribution in [0.4, 0.5) is 5.82 Å². The fraction of sp³-hybridized carbons (Fsp3) is 0.583. The zero-order valence-electron chi connectivity index (χ0n) is 11.8. The van der Waals surface area contributed by atoms with Gasteiger partial charge in [-0.05, 0) is 0 Å². The van der Waals surface area contributed by atoms with Crippen molar-refractivity contribution in [1.82, 2.24) is 19.5 Å². The number of methoxy groups -OCH3 is 2. The van der Waals surface area contributed by atoms with Gasteiger partial charge in [0.25, 0.3) is 0 Å². The van der Waals surface area contributed by atoms with E-state index < -0.39 is 6.23 Å². The molecule has 1 saturated heterocycles. The molecule has 9 nitrogen and oxygen atoms in total. The largest absolute Gasteiger partial charge is 0.382 e. The maximum absolute atomic E-state index is 6.25. The number of aromatic nitrogens is 4. The number of rotatable bonds is 4. The Balaban J connectivity index is 1.97. The van der Waals surface area contributed by atoms with Crippen LogP contribution in [0, 0.1) is 0 Å². The Morgan fingerprint density at radius 1 is 1.33 bits per heavy atom. The van der Waals surface area contributed by atoms with Gasteiger partial charge in [0.15, 0.2) is 17.7 Å². The number of hydrogen-bond acceptors (Lipinski definition) is 8. The van der Waals surface area contributed by atoms with Crippen molar-refractivity contribution in [1.29, 1.82) is 0 Å². The third kappa shape index (κ3) is 2.23. The average Bonchev–Trinajstić information content (AvgIpc) is 3.02. The number of anilines is 1. The molecule has 2 aromatic rings. The van der Waals surface area contributed by atoms with E-state index in [0.29, 0.717) is 23.6 Å². The molecular formula is C12H18N6O3. The predicted molar refractivity (Wildman–Crippen MR) is 74.3 cm³/mol. The number of ether oxygens (including phenoxy) is 3. The molecule has 0 aliphatic carbocycles. The molecule has 4 N–H and O–H groups in total. The van der Waals surface area contributed by atoms with Crippen molar-refractivity contribution < 1.29 is 14.2 Å². The van der Waals surface area contributed by atoms with Gasteiger partial charge in [-0.25, -0.2) is 15.0 Å². The van der Waals surface area contributed by atoms with Crippen LogP contribution < -0.4 is 11.5 Å². The standard InChI is InChI=1S/C12H18N6O3/c1-19-3-6-9(20-2)7(13)12(21-6)18-5-17-8-10(14)15-4-16-11(8)18/h4-7,9,12H,3,13H2,1-2H3,(H2,14,15,16). The lowest BCUT2D eigenvalue weighted by Crippen LogP contribution is -2.41. The minimum Gasteiger partial charge on any atom is -0.382 e. The number of imidazole rings is 1. The second-order valence-electron chi connectivity index (χ2n) is 4.88. The van der Waals surface area contributed by atoms with Crippen LogP contribution >= 0.6 is 0 Å². The van der Waals surface area contributed by atoms with Crippen LogP contribution in [-0.4, -0.2) is 58.6 Å². The first kappa shape index (κ1) is 14.1. The number of nitrogen functional groups attached to an aromatic ring is 1. The monoisotopic (exact) mass is 294 g/mol. The van der Waals surface area contributed by atoms with Gasteiger partial charge >= 0.3 is 0 Å². The summed E-state index contributed by atoms with van der Waals surface area (Å²) in [6.45, 7) is 0.395. The van der Waals surface area contributed by atoms with E-state index in [1.165, 1.54) is 6.33 Å². The Kier molecular flexibility index (Phi) is 3.72. The van der Waals surface area contributed by atoms with E-state index in [4.69, 9.17) is 25.7 Å². The van der Waals surface area contributed by atoms with E-state index in [9.17, 15) is 0 Å². The van der Waals surface area contributed by atoms with Crippen LogP contribution in [0.2, 0.25) is 0 Å². The van der Waals surface area contributed by atoms with Crippen molar-refractivity contribution in [3.63, 3.8) is 0 Å². The third-order valence-corrected chi connectivity index (χ3v) is 3.65. The maximum atomic E-state index is 6.25. The van der Waals surface area contributed by atoms with Crippen molar-refractivity contribution in [3.05, 3.63) is 12.7 Å². The minimum absolute atomic E-state index is 0.253. The van der Waals surface area contributed by atoms with Crippen LogP contribution in [-0.2, 0) is 14.2 Å². The Morgan fingerprint density at radius 3 is 2.86 bits per heavy atom. The van der Waals surface area contributed by atoms with Crippen LogP contribution in [0.25, 0.3) is 11.2 Å². The Morgan fingerprint density at radius 2 is 2.14 bits per heavy atom. The normalized spacial score (nSPS) is 29.3. The van der Waals surface area contributed by atoms with Crippen molar-refractivity contribution >= 4 is 17.0 Å². The molecule has 114 valence electrons. The molecular weight excluding hydrogens is 276 g/mol. The number of nitrogens with two attached hydrogens (primary N) is 2. The van der Waals surface area contributed by atoms with E-state index in [1.54, 1.807) is 25.1 Å². The number of hydrogen-bond donors (Lipinski definition) is 2. The molecule has 1 fully saturated rings. The SMILES string of the molecule is COCC1OC(n2cnc3c(N)ncnc32)C(N)C1OC. The topological polar surface area (TPSA) is 123 Å². The minimum atomic E-state index is -0.450. The second kappa shape index (κ2) is 5.53. The molecule has 1 aliphatic heterocycles. The molecule has 4 unspecified atom stereocenters. The summed E-state index contributed by atoms with van der Waals surface area (Å²) in [4.78, 5) is 12.3. The Labute approximate surface area is 121 Å². The predicted octanol–water partition coefficient (Wildman–Crippen LogP) is -0.705. The highest BCUT2D eigenvalue weighted by Crippen LogP contribution is 2.32. The molecule has 0 radical (unpaired) electrons. The van der Waals surface area contributed by atoms with Crippen molar-refractivity contribution in [3.8, 4) is 0 Å². The van der Waals surface area contributed by atoms with Gasteiger partial charge in [0.1, 0.15) is 24.1 Å². The summed E-state index contributed by atoms with van der Waals surface area (Å²) in [6, 6.07) is -0.372. The van der Waals surface area contributed by atoms with Gasteiger partial charge in [-0.3, -0.25) is 4.57 Å². The van der Waals surface area contributed by atoms with Gasteiger partial charge in [-0.15, -0.1) is 0 Å². The van der Waals surface area contributed by atoms with Gasteiger partial charge in [-0.1, -0.05) is 0 Å². The quantitative estimate of drug-likeness (QED) is 0.758. The molecule has 9 heteroatoms. The van der Waals surface area contributed by atoms with Crippen LogP contribution in [0.1, 0.15) is 6.23 Å². The average molecular weight is 294 g/mol. The van der Waals surface area contributed by atoms with Gasteiger partial charge in [0.05, 0.1) is 19.0 Å².